The number of nitrogens with one attached hydrogen (secondary N) is 1. The second-order valence-corrected chi connectivity index (χ2v) is 6.69. The van der Waals surface area contributed by atoms with Gasteiger partial charge in [-0.1, -0.05) is 57.6 Å². The van der Waals surface area contributed by atoms with Gasteiger partial charge in [-0.15, -0.1) is 6.58 Å². The van der Waals surface area contributed by atoms with Gasteiger partial charge in [0.1, 0.15) is 0 Å². The Morgan fingerprint density at radius 3 is 2.00 bits per heavy atom. The molecule has 0 amide bonds. The zero-order chi connectivity index (χ0) is 15.9. The minimum atomic E-state index is 0.949. The molecule has 1 saturated heterocycles. The maximum atomic E-state index is 4.25. The first-order valence-corrected chi connectivity index (χ1v) is 9.59. The highest BCUT2D eigenvalue weighted by Gasteiger charge is 2.12. The number of allylic oxidation sites excluding steroid dienone is 1. The number of unbranched alkanes of at least 4 members (excludes halogenated alkanes) is 8. The van der Waals surface area contributed by atoms with E-state index in [1.165, 1.54) is 95.8 Å². The van der Waals surface area contributed by atoms with Crippen LogP contribution in [0.3, 0.4) is 0 Å². The lowest BCUT2D eigenvalue weighted by atomic mass is 10.1. The molecule has 1 aliphatic rings. The summed E-state index contributed by atoms with van der Waals surface area (Å²) < 4.78 is 0. The first kappa shape index (κ1) is 19.3. The van der Waals surface area contributed by atoms with Gasteiger partial charge in [0.05, 0.1) is 0 Å². The van der Waals surface area contributed by atoms with Crippen LogP contribution in [-0.4, -0.2) is 31.1 Å². The smallest absolute Gasteiger partial charge is 0.0175 e. The zero-order valence-electron chi connectivity index (χ0n) is 14.8. The molecule has 1 heterocycles. The molecule has 0 aromatic rings. The van der Waals surface area contributed by atoms with Crippen LogP contribution in [0.2, 0.25) is 0 Å². The van der Waals surface area contributed by atoms with E-state index >= 15 is 0 Å². The lowest BCUT2D eigenvalue weighted by molar-refractivity contribution is 0.403. The summed E-state index contributed by atoms with van der Waals surface area (Å²) >= 11 is 0. The average molecular weight is 307 g/mol. The fourth-order valence-corrected chi connectivity index (χ4v) is 3.21. The minimum absolute atomic E-state index is 0.949. The third kappa shape index (κ3) is 10.0. The number of likely N-dealkylation sites (tertiary alicyclic amines) is 1. The fraction of sp³-hybridized carbons (Fsp3) is 0.800. The summed E-state index contributed by atoms with van der Waals surface area (Å²) in [7, 11) is 0. The van der Waals surface area contributed by atoms with Crippen molar-refractivity contribution in [3.63, 3.8) is 0 Å². The van der Waals surface area contributed by atoms with Gasteiger partial charge < -0.3 is 10.2 Å². The van der Waals surface area contributed by atoms with Crippen molar-refractivity contribution >= 4 is 0 Å². The molecule has 0 spiro atoms. The predicted molar refractivity (Wildman–Crippen MR) is 99.2 cm³/mol. The topological polar surface area (TPSA) is 15.3 Å². The minimum Gasteiger partial charge on any atom is -0.375 e. The Bertz CT molecular complexity index is 279. The highest BCUT2D eigenvalue weighted by Crippen LogP contribution is 2.18. The van der Waals surface area contributed by atoms with Gasteiger partial charge in [0.25, 0.3) is 0 Å². The van der Waals surface area contributed by atoms with Crippen LogP contribution in [0.15, 0.2) is 24.9 Å². The monoisotopic (exact) mass is 306 g/mol. The van der Waals surface area contributed by atoms with Crippen LogP contribution in [-0.2, 0) is 0 Å². The maximum Gasteiger partial charge on any atom is 0.0175 e. The van der Waals surface area contributed by atoms with Gasteiger partial charge in [-0.2, -0.15) is 0 Å². The molecule has 0 aromatic heterocycles. The van der Waals surface area contributed by atoms with Crippen molar-refractivity contribution in [1.82, 2.24) is 10.2 Å². The Morgan fingerprint density at radius 2 is 1.41 bits per heavy atom. The third-order valence-electron chi connectivity index (χ3n) is 4.66. The Balaban J connectivity index is 1.74. The highest BCUT2D eigenvalue weighted by molar-refractivity contribution is 4.95. The second kappa shape index (κ2) is 13.9. The molecule has 128 valence electrons. The molecular formula is C20H38N2. The van der Waals surface area contributed by atoms with E-state index in [0.29, 0.717) is 0 Å². The molecule has 1 rings (SSSR count). The van der Waals surface area contributed by atoms with Crippen LogP contribution in [0, 0.1) is 0 Å². The van der Waals surface area contributed by atoms with Gasteiger partial charge >= 0.3 is 0 Å². The van der Waals surface area contributed by atoms with Crippen molar-refractivity contribution in [2.75, 3.05) is 26.2 Å². The molecule has 0 atom stereocenters. The Morgan fingerprint density at radius 1 is 0.864 bits per heavy atom. The third-order valence-corrected chi connectivity index (χ3v) is 4.66. The molecule has 0 aromatic carbocycles. The van der Waals surface area contributed by atoms with E-state index < -0.39 is 0 Å². The van der Waals surface area contributed by atoms with E-state index in [1.54, 1.807) is 0 Å². The summed E-state index contributed by atoms with van der Waals surface area (Å²) in [5.74, 6) is 0. The normalized spacial score (nSPS) is 14.5. The molecule has 0 aliphatic carbocycles. The van der Waals surface area contributed by atoms with Gasteiger partial charge in [-0.3, -0.25) is 0 Å². The number of nitrogens with zero attached hydrogens (tertiary/aromatic N) is 1. The van der Waals surface area contributed by atoms with E-state index in [2.05, 4.69) is 23.4 Å². The lowest BCUT2D eigenvalue weighted by Crippen LogP contribution is -2.17. The maximum absolute atomic E-state index is 4.25. The molecule has 0 unspecified atom stereocenters. The van der Waals surface area contributed by atoms with Crippen molar-refractivity contribution < 1.29 is 0 Å². The van der Waals surface area contributed by atoms with E-state index in [0.717, 1.165) is 13.1 Å². The predicted octanol–water partition coefficient (Wildman–Crippen LogP) is 5.27. The number of hydrogen-bond donors (Lipinski definition) is 1. The second-order valence-electron chi connectivity index (χ2n) is 6.69. The molecule has 0 radical (unpaired) electrons. The first-order chi connectivity index (χ1) is 10.8. The van der Waals surface area contributed by atoms with Crippen LogP contribution >= 0.6 is 0 Å². The largest absolute Gasteiger partial charge is 0.375 e. The van der Waals surface area contributed by atoms with Crippen LogP contribution in [0.4, 0.5) is 0 Å². The molecule has 2 nitrogen and oxygen atoms in total. The zero-order valence-corrected chi connectivity index (χ0v) is 14.8. The van der Waals surface area contributed by atoms with E-state index in [-0.39, 0.29) is 0 Å². The van der Waals surface area contributed by atoms with Crippen molar-refractivity contribution in [2.45, 2.75) is 77.0 Å². The lowest BCUT2D eigenvalue weighted by Gasteiger charge is -2.20. The molecule has 22 heavy (non-hydrogen) atoms. The van der Waals surface area contributed by atoms with Crippen molar-refractivity contribution in [3.8, 4) is 0 Å². The van der Waals surface area contributed by atoms with Crippen molar-refractivity contribution in [3.05, 3.63) is 24.9 Å². The Kier molecular flexibility index (Phi) is 12.2. The average Bonchev–Trinajstić information content (AvgIpc) is 3.06. The van der Waals surface area contributed by atoms with Gasteiger partial charge in [-0.25, -0.2) is 0 Å². The van der Waals surface area contributed by atoms with E-state index in [4.69, 9.17) is 0 Å². The van der Waals surface area contributed by atoms with Crippen molar-refractivity contribution in [2.24, 2.45) is 0 Å². The standard InChI is InChI=1S/C20H38N2/c1-3-16-21-17-12-10-8-6-4-5-7-9-11-15-20(2)22-18-13-14-19-22/h3,21H,1-2,4-19H2. The summed E-state index contributed by atoms with van der Waals surface area (Å²) in [6.07, 6.45) is 18.4. The quantitative estimate of drug-likeness (QED) is 0.327. The fourth-order valence-electron chi connectivity index (χ4n) is 3.21. The summed E-state index contributed by atoms with van der Waals surface area (Å²) in [5.41, 5.74) is 1.39. The molecule has 1 N–H and O–H groups in total. The highest BCUT2D eigenvalue weighted by atomic mass is 15.1. The van der Waals surface area contributed by atoms with Gasteiger partial charge in [-0.05, 0) is 38.6 Å². The molecule has 2 heteroatoms. The summed E-state index contributed by atoms with van der Waals surface area (Å²) in [4.78, 5) is 2.49. The SMILES string of the molecule is C=CCNCCCCCCCCCCCC(=C)N1CCCC1. The molecule has 1 fully saturated rings. The van der Waals surface area contributed by atoms with Gasteiger partial charge in [0.2, 0.25) is 0 Å². The Labute approximate surface area is 139 Å². The first-order valence-electron chi connectivity index (χ1n) is 9.59. The van der Waals surface area contributed by atoms with Gasteiger partial charge in [0.15, 0.2) is 0 Å². The van der Waals surface area contributed by atoms with E-state index in [9.17, 15) is 0 Å². The van der Waals surface area contributed by atoms with E-state index in [1.807, 2.05) is 6.08 Å². The Hall–Kier alpha value is -0.760. The van der Waals surface area contributed by atoms with Gasteiger partial charge in [0, 0.05) is 25.3 Å². The summed E-state index contributed by atoms with van der Waals surface area (Å²) in [6, 6.07) is 0. The summed E-state index contributed by atoms with van der Waals surface area (Å²) in [5, 5.41) is 3.36. The van der Waals surface area contributed by atoms with Crippen LogP contribution in [0.5, 0.6) is 0 Å². The van der Waals surface area contributed by atoms with Crippen LogP contribution in [0.1, 0.15) is 77.0 Å². The molecule has 0 saturated carbocycles. The molecule has 1 aliphatic heterocycles. The molecule has 0 bridgehead atoms. The number of rotatable bonds is 15. The van der Waals surface area contributed by atoms with Crippen LogP contribution < -0.4 is 5.32 Å². The number of hydrogen-bond acceptors (Lipinski definition) is 2. The molecular weight excluding hydrogens is 268 g/mol. The van der Waals surface area contributed by atoms with Crippen LogP contribution in [0.25, 0.3) is 0 Å². The van der Waals surface area contributed by atoms with Crippen molar-refractivity contribution in [1.29, 1.82) is 0 Å². The summed E-state index contributed by atoms with van der Waals surface area (Å²) in [6.45, 7) is 12.6.